The number of fused-ring (bicyclic) bond motifs is 1. The Morgan fingerprint density at radius 2 is 1.64 bits per heavy atom. The van der Waals surface area contributed by atoms with Crippen molar-refractivity contribution in [2.24, 2.45) is 17.6 Å². The van der Waals surface area contributed by atoms with E-state index in [4.69, 9.17) is 10.2 Å². The number of piperazine rings is 1. The summed E-state index contributed by atoms with van der Waals surface area (Å²) in [5, 5.41) is 27.7. The molecule has 2 saturated heterocycles. The summed E-state index contributed by atoms with van der Waals surface area (Å²) in [6.07, 6.45) is 2.45. The quantitative estimate of drug-likeness (QED) is 0.0859. The molecule has 5 amide bonds. The summed E-state index contributed by atoms with van der Waals surface area (Å²) in [4.78, 5) is 98.2. The fourth-order valence-electron chi connectivity index (χ4n) is 7.18. The van der Waals surface area contributed by atoms with Crippen LogP contribution in [0.1, 0.15) is 75.9 Å². The molecule has 2 aromatic rings. The average molecular weight is 782 g/mol. The van der Waals surface area contributed by atoms with Crippen molar-refractivity contribution >= 4 is 41.8 Å². The molecule has 17 nitrogen and oxygen atoms in total. The first-order valence-corrected chi connectivity index (χ1v) is 19.1. The molecule has 4 rings (SSSR count). The molecule has 56 heavy (non-hydrogen) atoms. The summed E-state index contributed by atoms with van der Waals surface area (Å²) in [5.74, 6) is -4.13. The van der Waals surface area contributed by atoms with Gasteiger partial charge in [0, 0.05) is 25.9 Å². The predicted octanol–water partition coefficient (Wildman–Crippen LogP) is 0.850. The number of carboxylic acids is 1. The van der Waals surface area contributed by atoms with Crippen molar-refractivity contribution in [2.75, 3.05) is 26.2 Å². The molecular formula is C39H55N7O10. The minimum atomic E-state index is -1.33. The van der Waals surface area contributed by atoms with Crippen LogP contribution in [0.4, 0.5) is 0 Å². The van der Waals surface area contributed by atoms with Gasteiger partial charge in [0.1, 0.15) is 42.4 Å². The van der Waals surface area contributed by atoms with E-state index in [1.165, 1.54) is 40.3 Å². The molecule has 6 atom stereocenters. The van der Waals surface area contributed by atoms with Crippen LogP contribution < -0.4 is 21.7 Å². The summed E-state index contributed by atoms with van der Waals surface area (Å²) in [5.41, 5.74) is 6.36. The lowest BCUT2D eigenvalue weighted by Gasteiger charge is -2.54. The number of unbranched alkanes of at least 4 members (excludes halogenated alkanes) is 1. The molecule has 0 saturated carbocycles. The van der Waals surface area contributed by atoms with Gasteiger partial charge in [0.25, 0.3) is 5.91 Å². The highest BCUT2D eigenvalue weighted by Crippen LogP contribution is 2.28. The first-order valence-electron chi connectivity index (χ1n) is 19.1. The van der Waals surface area contributed by atoms with Gasteiger partial charge in [0.05, 0.1) is 18.8 Å². The SMILES string of the molecule is CC(C)CC(=O)NC1CN(C(=O)c2ccco2)C2CN(C(CCCCN)C(=O)NC(CC(C)C)C(=O)NC(Cc3ccc(O)cc3)C(=O)O)CC(C=O)N2C1=O. The largest absolute Gasteiger partial charge is 0.508 e. The van der Waals surface area contributed by atoms with Crippen LogP contribution in [-0.2, 0) is 35.2 Å². The zero-order valence-electron chi connectivity index (χ0n) is 32.4. The number of aromatic hydroxyl groups is 1. The molecule has 7 N–H and O–H groups in total. The third-order valence-corrected chi connectivity index (χ3v) is 9.87. The highest BCUT2D eigenvalue weighted by Gasteiger charge is 2.51. The smallest absolute Gasteiger partial charge is 0.326 e. The van der Waals surface area contributed by atoms with E-state index in [1.807, 2.05) is 27.7 Å². The monoisotopic (exact) mass is 781 g/mol. The van der Waals surface area contributed by atoms with Crippen molar-refractivity contribution in [1.29, 1.82) is 0 Å². The number of carbonyl (C=O) groups is 7. The number of hydrogen-bond acceptors (Lipinski definition) is 11. The Balaban J connectivity index is 1.62. The number of carbonyl (C=O) groups excluding carboxylic acids is 6. The fraction of sp³-hybridized carbons (Fsp3) is 0.564. The van der Waals surface area contributed by atoms with Crippen molar-refractivity contribution in [3.63, 3.8) is 0 Å². The number of aldehydes is 1. The number of carboxylic acid groups (broad SMARTS) is 1. The number of benzene rings is 1. The van der Waals surface area contributed by atoms with Crippen LogP contribution in [0.5, 0.6) is 5.75 Å². The minimum Gasteiger partial charge on any atom is -0.508 e. The van der Waals surface area contributed by atoms with Crippen LogP contribution in [0.15, 0.2) is 47.1 Å². The summed E-state index contributed by atoms with van der Waals surface area (Å²) in [6, 6.07) is 3.28. The van der Waals surface area contributed by atoms with E-state index >= 15 is 0 Å². The first kappa shape index (κ1) is 43.4. The van der Waals surface area contributed by atoms with Gasteiger partial charge in [-0.25, -0.2) is 4.79 Å². The maximum Gasteiger partial charge on any atom is 0.326 e. The van der Waals surface area contributed by atoms with Crippen LogP contribution in [0.25, 0.3) is 0 Å². The van der Waals surface area contributed by atoms with Crippen LogP contribution in [-0.4, -0.2) is 129 Å². The Labute approximate surface area is 326 Å². The van der Waals surface area contributed by atoms with Crippen molar-refractivity contribution < 1.29 is 48.2 Å². The first-order chi connectivity index (χ1) is 26.6. The Kier molecular flexibility index (Phi) is 15.5. The predicted molar refractivity (Wildman–Crippen MR) is 203 cm³/mol. The maximum absolute atomic E-state index is 14.3. The normalized spacial score (nSPS) is 20.2. The molecule has 306 valence electrons. The molecule has 3 heterocycles. The molecule has 0 aliphatic carbocycles. The second kappa shape index (κ2) is 20.0. The highest BCUT2D eigenvalue weighted by atomic mass is 16.4. The Bertz CT molecular complexity index is 1680. The van der Waals surface area contributed by atoms with Crippen molar-refractivity contribution in [2.45, 2.75) is 103 Å². The highest BCUT2D eigenvalue weighted by molar-refractivity contribution is 5.96. The lowest BCUT2D eigenvalue weighted by molar-refractivity contribution is -0.163. The third kappa shape index (κ3) is 11.4. The third-order valence-electron chi connectivity index (χ3n) is 9.87. The molecule has 1 aromatic heterocycles. The van der Waals surface area contributed by atoms with Gasteiger partial charge in [-0.15, -0.1) is 0 Å². The number of amides is 5. The molecule has 0 radical (unpaired) electrons. The van der Waals surface area contributed by atoms with Gasteiger partial charge in [0.15, 0.2) is 5.76 Å². The van der Waals surface area contributed by atoms with E-state index in [0.29, 0.717) is 31.2 Å². The van der Waals surface area contributed by atoms with E-state index in [2.05, 4.69) is 16.0 Å². The number of rotatable bonds is 19. The van der Waals surface area contributed by atoms with Gasteiger partial charge < -0.3 is 50.9 Å². The number of nitrogens with one attached hydrogen (secondary N) is 3. The van der Waals surface area contributed by atoms with Crippen LogP contribution in [0.2, 0.25) is 0 Å². The number of nitrogens with zero attached hydrogens (tertiary/aromatic N) is 3. The Morgan fingerprint density at radius 3 is 2.23 bits per heavy atom. The number of aliphatic carboxylic acids is 1. The molecular weight excluding hydrogens is 726 g/mol. The van der Waals surface area contributed by atoms with Crippen LogP contribution in [0.3, 0.4) is 0 Å². The molecule has 17 heteroatoms. The lowest BCUT2D eigenvalue weighted by atomic mass is 9.97. The van der Waals surface area contributed by atoms with Gasteiger partial charge in [-0.3, -0.25) is 28.9 Å². The van der Waals surface area contributed by atoms with Gasteiger partial charge in [-0.1, -0.05) is 46.2 Å². The van der Waals surface area contributed by atoms with E-state index < -0.39 is 66.0 Å². The van der Waals surface area contributed by atoms with Crippen LogP contribution >= 0.6 is 0 Å². The van der Waals surface area contributed by atoms with Crippen molar-refractivity contribution in [3.05, 3.63) is 54.0 Å². The Morgan fingerprint density at radius 1 is 0.946 bits per heavy atom. The second-order valence-electron chi connectivity index (χ2n) is 15.3. The maximum atomic E-state index is 14.3. The summed E-state index contributed by atoms with van der Waals surface area (Å²) in [6.45, 7) is 7.43. The van der Waals surface area contributed by atoms with Crippen molar-refractivity contribution in [3.8, 4) is 5.75 Å². The number of phenols is 1. The molecule has 1 aromatic carbocycles. The number of phenolic OH excluding ortho intramolecular Hbond substituents is 1. The van der Waals surface area contributed by atoms with Gasteiger partial charge in [0.2, 0.25) is 23.6 Å². The van der Waals surface area contributed by atoms with Gasteiger partial charge in [-0.05, 0) is 67.5 Å². The molecule has 6 unspecified atom stereocenters. The topological polar surface area (TPSA) is 245 Å². The molecule has 2 aliphatic heterocycles. The van der Waals surface area contributed by atoms with Crippen molar-refractivity contribution in [1.82, 2.24) is 30.7 Å². The number of hydrogen-bond donors (Lipinski definition) is 6. The standard InChI is InChI=1S/C39H55N7O10/c1-23(2)16-28(35(50)43-29(39(54)55)18-25-10-12-27(48)13-11-25)42-36(51)31(8-5-6-14-40)44-19-26(22-47)46-34(21-44)45(38(53)32-9-7-15-56-32)20-30(37(46)52)41-33(49)17-24(3)4/h7,9-13,15,22-24,26,28-31,34,48H,5-6,8,14,16-21,40H2,1-4H3,(H,41,49)(H,42,51)(H,43,50)(H,54,55). The molecule has 2 fully saturated rings. The van der Waals surface area contributed by atoms with Crippen LogP contribution in [0, 0.1) is 11.8 Å². The zero-order valence-corrected chi connectivity index (χ0v) is 32.4. The summed E-state index contributed by atoms with van der Waals surface area (Å²) < 4.78 is 5.41. The Hall–Kier alpha value is -5.29. The van der Waals surface area contributed by atoms with Gasteiger partial charge >= 0.3 is 5.97 Å². The van der Waals surface area contributed by atoms with Gasteiger partial charge in [-0.2, -0.15) is 0 Å². The summed E-state index contributed by atoms with van der Waals surface area (Å²) >= 11 is 0. The lowest BCUT2D eigenvalue weighted by Crippen LogP contribution is -2.76. The zero-order chi connectivity index (χ0) is 41.1. The number of furan rings is 1. The second-order valence-corrected chi connectivity index (χ2v) is 15.3. The molecule has 0 spiro atoms. The molecule has 0 bridgehead atoms. The van der Waals surface area contributed by atoms with E-state index in [0.717, 1.165) is 0 Å². The van der Waals surface area contributed by atoms with E-state index in [-0.39, 0.29) is 74.6 Å². The van der Waals surface area contributed by atoms with E-state index in [9.17, 15) is 43.8 Å². The average Bonchev–Trinajstić information content (AvgIpc) is 3.69. The fourth-order valence-corrected chi connectivity index (χ4v) is 7.18. The van der Waals surface area contributed by atoms with E-state index in [1.54, 1.807) is 17.0 Å². The minimum absolute atomic E-state index is 0.00577. The number of nitrogens with two attached hydrogens (primary N) is 1. The summed E-state index contributed by atoms with van der Waals surface area (Å²) in [7, 11) is 0. The molecule has 2 aliphatic rings.